The molecule has 5 nitrogen and oxygen atoms in total. The molecule has 1 aliphatic rings. The van der Waals surface area contributed by atoms with Gasteiger partial charge in [0.15, 0.2) is 0 Å². The van der Waals surface area contributed by atoms with Crippen LogP contribution in [0.5, 0.6) is 0 Å². The SMILES string of the molecule is COC(=O)N1CCC(CNC(=O)CCc2ccccc2F)CC1. The van der Waals surface area contributed by atoms with E-state index in [0.29, 0.717) is 37.5 Å². The Morgan fingerprint density at radius 1 is 1.30 bits per heavy atom. The van der Waals surface area contributed by atoms with Gasteiger partial charge in [-0.25, -0.2) is 9.18 Å². The zero-order valence-corrected chi connectivity index (χ0v) is 13.4. The van der Waals surface area contributed by atoms with Crippen molar-refractivity contribution in [3.8, 4) is 0 Å². The lowest BCUT2D eigenvalue weighted by Crippen LogP contribution is -2.41. The second-order valence-corrected chi connectivity index (χ2v) is 5.80. The highest BCUT2D eigenvalue weighted by atomic mass is 19.1. The summed E-state index contributed by atoms with van der Waals surface area (Å²) < 4.78 is 18.2. The molecular weight excluding hydrogens is 299 g/mol. The summed E-state index contributed by atoms with van der Waals surface area (Å²) in [6.45, 7) is 1.91. The molecule has 2 amide bonds. The molecule has 126 valence electrons. The van der Waals surface area contributed by atoms with Crippen LogP contribution in [-0.4, -0.2) is 43.6 Å². The number of methoxy groups -OCH3 is 1. The van der Waals surface area contributed by atoms with E-state index in [1.54, 1.807) is 23.1 Å². The lowest BCUT2D eigenvalue weighted by Gasteiger charge is -2.30. The van der Waals surface area contributed by atoms with Crippen LogP contribution in [0.25, 0.3) is 0 Å². The molecule has 0 aliphatic carbocycles. The van der Waals surface area contributed by atoms with Gasteiger partial charge in [-0.15, -0.1) is 0 Å². The van der Waals surface area contributed by atoms with Gasteiger partial charge in [-0.2, -0.15) is 0 Å². The molecule has 2 rings (SSSR count). The van der Waals surface area contributed by atoms with Crippen molar-refractivity contribution in [2.75, 3.05) is 26.7 Å². The van der Waals surface area contributed by atoms with E-state index in [9.17, 15) is 14.0 Å². The Morgan fingerprint density at radius 2 is 2.00 bits per heavy atom. The Balaban J connectivity index is 1.66. The molecule has 1 N–H and O–H groups in total. The number of benzene rings is 1. The van der Waals surface area contributed by atoms with E-state index in [1.165, 1.54) is 13.2 Å². The van der Waals surface area contributed by atoms with Crippen molar-refractivity contribution in [1.82, 2.24) is 10.2 Å². The van der Waals surface area contributed by atoms with Crippen molar-refractivity contribution in [2.45, 2.75) is 25.7 Å². The fourth-order valence-electron chi connectivity index (χ4n) is 2.74. The van der Waals surface area contributed by atoms with Gasteiger partial charge in [0.2, 0.25) is 5.91 Å². The Kier molecular flexibility index (Phi) is 6.38. The fourth-order valence-corrected chi connectivity index (χ4v) is 2.74. The number of amides is 2. The largest absolute Gasteiger partial charge is 0.453 e. The molecule has 0 spiro atoms. The second kappa shape index (κ2) is 8.50. The topological polar surface area (TPSA) is 58.6 Å². The van der Waals surface area contributed by atoms with E-state index in [4.69, 9.17) is 4.74 Å². The highest BCUT2D eigenvalue weighted by molar-refractivity contribution is 5.76. The predicted octanol–water partition coefficient (Wildman–Crippen LogP) is 2.35. The molecular formula is C17H23FN2O3. The van der Waals surface area contributed by atoms with E-state index >= 15 is 0 Å². The Bertz CT molecular complexity index is 542. The molecule has 23 heavy (non-hydrogen) atoms. The summed E-state index contributed by atoms with van der Waals surface area (Å²) in [6.07, 6.45) is 2.09. The zero-order chi connectivity index (χ0) is 16.7. The minimum Gasteiger partial charge on any atom is -0.453 e. The number of rotatable bonds is 5. The molecule has 1 aromatic rings. The van der Waals surface area contributed by atoms with Crippen LogP contribution in [0.15, 0.2) is 24.3 Å². The number of aryl methyl sites for hydroxylation is 1. The van der Waals surface area contributed by atoms with Crippen LogP contribution in [-0.2, 0) is 16.0 Å². The van der Waals surface area contributed by atoms with E-state index in [1.807, 2.05) is 0 Å². The monoisotopic (exact) mass is 322 g/mol. The number of ether oxygens (including phenoxy) is 1. The lowest BCUT2D eigenvalue weighted by molar-refractivity contribution is -0.121. The molecule has 1 fully saturated rings. The van der Waals surface area contributed by atoms with Crippen LogP contribution in [0, 0.1) is 11.7 Å². The summed E-state index contributed by atoms with van der Waals surface area (Å²) in [5.74, 6) is 0.0347. The van der Waals surface area contributed by atoms with Gasteiger partial charge in [0, 0.05) is 26.1 Å². The average molecular weight is 322 g/mol. The number of nitrogens with zero attached hydrogens (tertiary/aromatic N) is 1. The number of likely N-dealkylation sites (tertiary alicyclic amines) is 1. The van der Waals surface area contributed by atoms with Crippen molar-refractivity contribution in [3.05, 3.63) is 35.6 Å². The van der Waals surface area contributed by atoms with Crippen molar-refractivity contribution in [2.24, 2.45) is 5.92 Å². The van der Waals surface area contributed by atoms with Gasteiger partial charge in [0.1, 0.15) is 5.82 Å². The Morgan fingerprint density at radius 3 is 2.65 bits per heavy atom. The van der Waals surface area contributed by atoms with Crippen LogP contribution in [0.3, 0.4) is 0 Å². The molecule has 0 atom stereocenters. The van der Waals surface area contributed by atoms with Crippen molar-refractivity contribution >= 4 is 12.0 Å². The van der Waals surface area contributed by atoms with Crippen LogP contribution in [0.1, 0.15) is 24.8 Å². The standard InChI is InChI=1S/C17H23FN2O3/c1-23-17(22)20-10-8-13(9-11-20)12-19-16(21)7-6-14-4-2-3-5-15(14)18/h2-5,13H,6-12H2,1H3,(H,19,21). The average Bonchev–Trinajstić information content (AvgIpc) is 2.59. The third kappa shape index (κ3) is 5.23. The second-order valence-electron chi connectivity index (χ2n) is 5.80. The highest BCUT2D eigenvalue weighted by Crippen LogP contribution is 2.17. The van der Waals surface area contributed by atoms with Gasteiger partial charge in [0.25, 0.3) is 0 Å². The maximum Gasteiger partial charge on any atom is 0.409 e. The lowest BCUT2D eigenvalue weighted by atomic mass is 9.97. The molecule has 1 saturated heterocycles. The van der Waals surface area contributed by atoms with Crippen LogP contribution >= 0.6 is 0 Å². The van der Waals surface area contributed by atoms with Gasteiger partial charge < -0.3 is 15.0 Å². The first kappa shape index (κ1) is 17.2. The minimum atomic E-state index is -0.294. The number of nitrogens with one attached hydrogen (secondary N) is 1. The summed E-state index contributed by atoms with van der Waals surface area (Å²) in [5, 5.41) is 2.90. The Hall–Kier alpha value is -2.11. The van der Waals surface area contributed by atoms with Gasteiger partial charge in [-0.1, -0.05) is 18.2 Å². The molecule has 0 aromatic heterocycles. The zero-order valence-electron chi connectivity index (χ0n) is 13.4. The summed E-state index contributed by atoms with van der Waals surface area (Å²) in [5.41, 5.74) is 0.564. The maximum absolute atomic E-state index is 13.5. The first-order chi connectivity index (χ1) is 11.1. The van der Waals surface area contributed by atoms with Gasteiger partial charge >= 0.3 is 6.09 Å². The van der Waals surface area contributed by atoms with E-state index in [2.05, 4.69) is 5.32 Å². The maximum atomic E-state index is 13.5. The summed E-state index contributed by atoms with van der Waals surface area (Å²) >= 11 is 0. The molecule has 0 radical (unpaired) electrons. The molecule has 1 aromatic carbocycles. The normalized spacial score (nSPS) is 15.3. The van der Waals surface area contributed by atoms with Gasteiger partial charge in [-0.05, 0) is 36.8 Å². The van der Waals surface area contributed by atoms with E-state index in [-0.39, 0.29) is 24.2 Å². The van der Waals surface area contributed by atoms with Gasteiger partial charge in [0.05, 0.1) is 7.11 Å². The number of hydrogen-bond donors (Lipinski definition) is 1. The fraction of sp³-hybridized carbons (Fsp3) is 0.529. The number of piperidine rings is 1. The molecule has 1 aliphatic heterocycles. The number of hydrogen-bond acceptors (Lipinski definition) is 3. The highest BCUT2D eigenvalue weighted by Gasteiger charge is 2.23. The third-order valence-corrected chi connectivity index (χ3v) is 4.21. The quantitative estimate of drug-likeness (QED) is 0.905. The first-order valence-electron chi connectivity index (χ1n) is 7.93. The molecule has 0 unspecified atom stereocenters. The molecule has 0 bridgehead atoms. The van der Waals surface area contributed by atoms with E-state index in [0.717, 1.165) is 12.8 Å². The summed E-state index contributed by atoms with van der Waals surface area (Å²) in [4.78, 5) is 24.9. The Labute approximate surface area is 135 Å². The van der Waals surface area contributed by atoms with E-state index < -0.39 is 0 Å². The summed E-state index contributed by atoms with van der Waals surface area (Å²) in [7, 11) is 1.38. The van der Waals surface area contributed by atoms with Crippen molar-refractivity contribution < 1.29 is 18.7 Å². The van der Waals surface area contributed by atoms with Crippen LogP contribution < -0.4 is 5.32 Å². The third-order valence-electron chi connectivity index (χ3n) is 4.21. The molecule has 6 heteroatoms. The number of halogens is 1. The van der Waals surface area contributed by atoms with Crippen LogP contribution in [0.2, 0.25) is 0 Å². The molecule has 1 heterocycles. The minimum absolute atomic E-state index is 0.0661. The molecule has 0 saturated carbocycles. The van der Waals surface area contributed by atoms with Crippen molar-refractivity contribution in [1.29, 1.82) is 0 Å². The predicted molar refractivity (Wildman–Crippen MR) is 84.4 cm³/mol. The number of carbonyl (C=O) groups excluding carboxylic acids is 2. The van der Waals surface area contributed by atoms with Gasteiger partial charge in [-0.3, -0.25) is 4.79 Å². The summed E-state index contributed by atoms with van der Waals surface area (Å²) in [6, 6.07) is 6.51. The van der Waals surface area contributed by atoms with Crippen molar-refractivity contribution in [3.63, 3.8) is 0 Å². The first-order valence-corrected chi connectivity index (χ1v) is 7.93. The van der Waals surface area contributed by atoms with Crippen LogP contribution in [0.4, 0.5) is 9.18 Å². The number of carbonyl (C=O) groups is 2. The smallest absolute Gasteiger partial charge is 0.409 e.